The molecule has 2 rings (SSSR count). The van der Waals surface area contributed by atoms with E-state index in [-0.39, 0.29) is 5.56 Å². The van der Waals surface area contributed by atoms with Gasteiger partial charge in [-0.25, -0.2) is 8.78 Å². The van der Waals surface area contributed by atoms with Crippen LogP contribution in [0.5, 0.6) is 0 Å². The predicted octanol–water partition coefficient (Wildman–Crippen LogP) is 3.44. The van der Waals surface area contributed by atoms with E-state index in [1.165, 1.54) is 0 Å². The Balaban J connectivity index is 2.18. The minimum absolute atomic E-state index is 0.193. The Bertz CT molecular complexity index is 641. The minimum Gasteiger partial charge on any atom is -0.286 e. The van der Waals surface area contributed by atoms with E-state index < -0.39 is 17.5 Å². The highest BCUT2D eigenvalue weighted by molar-refractivity contribution is 5.95. The second kappa shape index (κ2) is 6.35. The summed E-state index contributed by atoms with van der Waals surface area (Å²) in [6, 6.07) is 10.4. The van der Waals surface area contributed by atoms with Crippen LogP contribution >= 0.6 is 0 Å². The van der Waals surface area contributed by atoms with Gasteiger partial charge < -0.3 is 0 Å². The number of hydrogen-bond donors (Lipinski definition) is 1. The number of aryl methyl sites for hydroxylation is 1. The molecule has 0 saturated carbocycles. The van der Waals surface area contributed by atoms with Gasteiger partial charge in [-0.3, -0.25) is 15.2 Å². The third kappa shape index (κ3) is 3.56. The first-order valence-corrected chi connectivity index (χ1v) is 6.61. The average molecular weight is 290 g/mol. The van der Waals surface area contributed by atoms with Crippen LogP contribution in [-0.2, 0) is 0 Å². The van der Waals surface area contributed by atoms with E-state index in [2.05, 4.69) is 5.43 Å². The van der Waals surface area contributed by atoms with Gasteiger partial charge in [0.25, 0.3) is 5.91 Å². The van der Waals surface area contributed by atoms with Crippen LogP contribution in [0.4, 0.5) is 14.5 Å². The van der Waals surface area contributed by atoms with Crippen molar-refractivity contribution in [2.45, 2.75) is 13.8 Å². The van der Waals surface area contributed by atoms with Crippen LogP contribution in [0.15, 0.2) is 42.5 Å². The zero-order valence-corrected chi connectivity index (χ0v) is 11.9. The van der Waals surface area contributed by atoms with E-state index in [1.54, 1.807) is 5.01 Å². The smallest absolute Gasteiger partial charge is 0.272 e. The molecule has 3 nitrogen and oxygen atoms in total. The van der Waals surface area contributed by atoms with Gasteiger partial charge in [0.05, 0.1) is 11.3 Å². The van der Waals surface area contributed by atoms with Gasteiger partial charge in [0, 0.05) is 12.6 Å². The summed E-state index contributed by atoms with van der Waals surface area (Å²) in [6.07, 6.45) is 0. The Morgan fingerprint density at radius 3 is 2.38 bits per heavy atom. The number of hydrogen-bond acceptors (Lipinski definition) is 2. The second-order valence-electron chi connectivity index (χ2n) is 4.64. The zero-order chi connectivity index (χ0) is 15.4. The van der Waals surface area contributed by atoms with Gasteiger partial charge in [-0.2, -0.15) is 0 Å². The summed E-state index contributed by atoms with van der Waals surface area (Å²) < 4.78 is 26.5. The fourth-order valence-electron chi connectivity index (χ4n) is 1.91. The SMILES string of the molecule is CCN(NC(=O)c1ccc(F)cc1F)c1ccc(C)cc1. The van der Waals surface area contributed by atoms with Crippen molar-refractivity contribution >= 4 is 11.6 Å². The Morgan fingerprint density at radius 1 is 1.14 bits per heavy atom. The molecule has 0 atom stereocenters. The molecule has 0 aliphatic rings. The Labute approximate surface area is 122 Å². The molecule has 0 unspecified atom stereocenters. The summed E-state index contributed by atoms with van der Waals surface area (Å²) >= 11 is 0. The topological polar surface area (TPSA) is 32.3 Å². The van der Waals surface area contributed by atoms with Crippen molar-refractivity contribution in [1.29, 1.82) is 0 Å². The number of amides is 1. The lowest BCUT2D eigenvalue weighted by atomic mass is 10.2. The first-order chi connectivity index (χ1) is 10.0. The van der Waals surface area contributed by atoms with Crippen molar-refractivity contribution in [3.63, 3.8) is 0 Å². The van der Waals surface area contributed by atoms with Crippen molar-refractivity contribution in [3.05, 3.63) is 65.2 Å². The quantitative estimate of drug-likeness (QED) is 0.875. The number of halogens is 2. The maximum absolute atomic E-state index is 13.6. The molecule has 0 radical (unpaired) electrons. The largest absolute Gasteiger partial charge is 0.286 e. The summed E-state index contributed by atoms with van der Waals surface area (Å²) in [4.78, 5) is 12.1. The lowest BCUT2D eigenvalue weighted by Gasteiger charge is -2.24. The highest BCUT2D eigenvalue weighted by Crippen LogP contribution is 2.14. The molecule has 1 amide bonds. The standard InChI is InChI=1S/C16H16F2N2O/c1-3-20(13-7-4-11(2)5-8-13)19-16(21)14-9-6-12(17)10-15(14)18/h4-10H,3H2,1-2H3,(H,19,21). The summed E-state index contributed by atoms with van der Waals surface area (Å²) in [5.74, 6) is -2.21. The maximum Gasteiger partial charge on any atom is 0.272 e. The normalized spacial score (nSPS) is 10.3. The van der Waals surface area contributed by atoms with Gasteiger partial charge in [-0.15, -0.1) is 0 Å². The number of benzene rings is 2. The van der Waals surface area contributed by atoms with Gasteiger partial charge in [0.1, 0.15) is 11.6 Å². The summed E-state index contributed by atoms with van der Waals surface area (Å²) in [5, 5.41) is 1.60. The fourth-order valence-corrected chi connectivity index (χ4v) is 1.91. The van der Waals surface area contributed by atoms with E-state index in [0.717, 1.165) is 23.4 Å². The number of hydrazine groups is 1. The lowest BCUT2D eigenvalue weighted by molar-refractivity contribution is 0.0945. The van der Waals surface area contributed by atoms with Crippen LogP contribution in [0.25, 0.3) is 0 Å². The fraction of sp³-hybridized carbons (Fsp3) is 0.188. The predicted molar refractivity (Wildman–Crippen MR) is 78.0 cm³/mol. The van der Waals surface area contributed by atoms with E-state index in [1.807, 2.05) is 38.1 Å². The molecule has 0 spiro atoms. The lowest BCUT2D eigenvalue weighted by Crippen LogP contribution is -2.42. The minimum atomic E-state index is -0.882. The van der Waals surface area contributed by atoms with Crippen molar-refractivity contribution < 1.29 is 13.6 Å². The monoisotopic (exact) mass is 290 g/mol. The number of nitrogens with zero attached hydrogens (tertiary/aromatic N) is 1. The van der Waals surface area contributed by atoms with Gasteiger partial charge in [0.2, 0.25) is 0 Å². The second-order valence-corrected chi connectivity index (χ2v) is 4.64. The number of carbonyl (C=O) groups is 1. The molecule has 0 aliphatic heterocycles. The van der Waals surface area contributed by atoms with Crippen LogP contribution in [0.1, 0.15) is 22.8 Å². The van der Waals surface area contributed by atoms with Gasteiger partial charge in [-0.05, 0) is 38.1 Å². The van der Waals surface area contributed by atoms with E-state index >= 15 is 0 Å². The number of anilines is 1. The molecule has 0 aromatic heterocycles. The van der Waals surface area contributed by atoms with E-state index in [4.69, 9.17) is 0 Å². The number of nitrogens with one attached hydrogen (secondary N) is 1. The molecule has 1 N–H and O–H groups in total. The average Bonchev–Trinajstić information content (AvgIpc) is 2.45. The molecule has 0 fully saturated rings. The van der Waals surface area contributed by atoms with Crippen molar-refractivity contribution in [3.8, 4) is 0 Å². The van der Waals surface area contributed by atoms with Crippen LogP contribution in [-0.4, -0.2) is 12.5 Å². The Morgan fingerprint density at radius 2 is 1.81 bits per heavy atom. The zero-order valence-electron chi connectivity index (χ0n) is 11.9. The maximum atomic E-state index is 13.6. The van der Waals surface area contributed by atoms with E-state index in [9.17, 15) is 13.6 Å². The Kier molecular flexibility index (Phi) is 4.52. The molecule has 5 heteroatoms. The summed E-state index contributed by atoms with van der Waals surface area (Å²) in [7, 11) is 0. The van der Waals surface area contributed by atoms with Crippen molar-refractivity contribution in [2.24, 2.45) is 0 Å². The third-order valence-corrected chi connectivity index (χ3v) is 3.07. The first-order valence-electron chi connectivity index (χ1n) is 6.61. The van der Waals surface area contributed by atoms with Crippen LogP contribution in [0.2, 0.25) is 0 Å². The molecule has 110 valence electrons. The highest BCUT2D eigenvalue weighted by Gasteiger charge is 2.15. The first kappa shape index (κ1) is 15.0. The van der Waals surface area contributed by atoms with Gasteiger partial charge >= 0.3 is 0 Å². The summed E-state index contributed by atoms with van der Waals surface area (Å²) in [5.41, 5.74) is 4.31. The molecule has 2 aromatic rings. The molecular formula is C16H16F2N2O. The molecule has 21 heavy (non-hydrogen) atoms. The molecule has 0 bridgehead atoms. The van der Waals surface area contributed by atoms with Crippen LogP contribution in [0.3, 0.4) is 0 Å². The van der Waals surface area contributed by atoms with Crippen LogP contribution in [0, 0.1) is 18.6 Å². The molecule has 0 saturated heterocycles. The number of rotatable bonds is 4. The molecular weight excluding hydrogens is 274 g/mol. The van der Waals surface area contributed by atoms with Crippen molar-refractivity contribution in [1.82, 2.24) is 5.43 Å². The molecule has 0 heterocycles. The highest BCUT2D eigenvalue weighted by atomic mass is 19.1. The summed E-state index contributed by atoms with van der Waals surface area (Å²) in [6.45, 7) is 4.34. The van der Waals surface area contributed by atoms with Crippen LogP contribution < -0.4 is 10.4 Å². The Hall–Kier alpha value is -2.43. The van der Waals surface area contributed by atoms with Crippen molar-refractivity contribution in [2.75, 3.05) is 11.6 Å². The third-order valence-electron chi connectivity index (χ3n) is 3.07. The van der Waals surface area contributed by atoms with Gasteiger partial charge in [-0.1, -0.05) is 17.7 Å². The molecule has 0 aliphatic carbocycles. The number of carbonyl (C=O) groups excluding carboxylic acids is 1. The van der Waals surface area contributed by atoms with Gasteiger partial charge in [0.15, 0.2) is 0 Å². The van der Waals surface area contributed by atoms with E-state index in [0.29, 0.717) is 12.6 Å². The molecule has 2 aromatic carbocycles.